The number of aromatic nitrogens is 1. The van der Waals surface area contributed by atoms with Crippen LogP contribution < -0.4 is 0 Å². The minimum atomic E-state index is -0.527. The van der Waals surface area contributed by atoms with Gasteiger partial charge in [-0.2, -0.15) is 0 Å². The van der Waals surface area contributed by atoms with Gasteiger partial charge in [0, 0.05) is 6.20 Å². The highest BCUT2D eigenvalue weighted by molar-refractivity contribution is 7.98. The summed E-state index contributed by atoms with van der Waals surface area (Å²) in [4.78, 5) is 14.1. The van der Waals surface area contributed by atoms with Gasteiger partial charge < -0.3 is 0 Å². The van der Waals surface area contributed by atoms with Gasteiger partial charge >= 0.3 is 5.69 Å². The molecule has 4 nitrogen and oxygen atoms in total. The van der Waals surface area contributed by atoms with Crippen LogP contribution in [0.5, 0.6) is 0 Å². The average Bonchev–Trinajstić information content (AvgIpc) is 2.03. The Balaban J connectivity index is 3.29. The van der Waals surface area contributed by atoms with Gasteiger partial charge in [0.15, 0.2) is 0 Å². The molecular formula is C6H5ClN2O2S. The van der Waals surface area contributed by atoms with Crippen LogP contribution in [0.4, 0.5) is 5.69 Å². The van der Waals surface area contributed by atoms with Gasteiger partial charge in [0.2, 0.25) is 5.15 Å². The molecule has 0 atom stereocenters. The summed E-state index contributed by atoms with van der Waals surface area (Å²) in [6.07, 6.45) is 3.19. The van der Waals surface area contributed by atoms with E-state index in [1.165, 1.54) is 18.0 Å². The fourth-order valence-corrected chi connectivity index (χ4v) is 1.59. The molecule has 0 N–H and O–H groups in total. The van der Waals surface area contributed by atoms with E-state index < -0.39 is 4.92 Å². The third-order valence-electron chi connectivity index (χ3n) is 1.25. The Morgan fingerprint density at radius 2 is 2.42 bits per heavy atom. The lowest BCUT2D eigenvalue weighted by Crippen LogP contribution is -1.93. The molecule has 0 radical (unpaired) electrons. The monoisotopic (exact) mass is 204 g/mol. The number of thioether (sulfide) groups is 1. The number of nitrogens with zero attached hydrogens (tertiary/aromatic N) is 2. The van der Waals surface area contributed by atoms with E-state index in [-0.39, 0.29) is 10.8 Å². The molecule has 0 saturated carbocycles. The molecule has 1 aromatic heterocycles. The summed E-state index contributed by atoms with van der Waals surface area (Å²) in [6.45, 7) is 0. The van der Waals surface area contributed by atoms with Gasteiger partial charge in [-0.15, -0.1) is 11.8 Å². The van der Waals surface area contributed by atoms with E-state index in [1.54, 1.807) is 12.3 Å². The number of nitro groups is 1. The number of hydrogen-bond acceptors (Lipinski definition) is 4. The van der Waals surface area contributed by atoms with Crippen molar-refractivity contribution in [2.75, 3.05) is 6.26 Å². The lowest BCUT2D eigenvalue weighted by molar-refractivity contribution is -0.387. The first-order valence-corrected chi connectivity index (χ1v) is 4.60. The van der Waals surface area contributed by atoms with E-state index in [0.717, 1.165) is 0 Å². The molecule has 1 rings (SSSR count). The first kappa shape index (κ1) is 9.28. The number of halogens is 1. The minimum absolute atomic E-state index is 0.0631. The van der Waals surface area contributed by atoms with E-state index in [0.29, 0.717) is 4.90 Å². The lowest BCUT2D eigenvalue weighted by atomic mass is 10.4. The van der Waals surface area contributed by atoms with Crippen molar-refractivity contribution in [1.29, 1.82) is 0 Å². The Morgan fingerprint density at radius 3 is 2.83 bits per heavy atom. The zero-order valence-electron chi connectivity index (χ0n) is 6.15. The maximum absolute atomic E-state index is 10.5. The Bertz CT molecular complexity index is 318. The van der Waals surface area contributed by atoms with Crippen molar-refractivity contribution in [3.8, 4) is 0 Å². The number of pyridine rings is 1. The fourth-order valence-electron chi connectivity index (χ4n) is 0.742. The van der Waals surface area contributed by atoms with E-state index in [2.05, 4.69) is 4.98 Å². The molecule has 1 aromatic rings. The molecule has 0 aliphatic carbocycles. The molecule has 64 valence electrons. The summed E-state index contributed by atoms with van der Waals surface area (Å²) >= 11 is 6.81. The highest BCUT2D eigenvalue weighted by atomic mass is 35.5. The van der Waals surface area contributed by atoms with Crippen LogP contribution >= 0.6 is 23.4 Å². The predicted molar refractivity (Wildman–Crippen MR) is 47.7 cm³/mol. The standard InChI is InChI=1S/C6H5ClN2O2S/c1-12-4-2-3-8-6(7)5(4)9(10)11/h2-3H,1H3. The SMILES string of the molecule is CSc1ccnc(Cl)c1[N+](=O)[O-]. The summed E-state index contributed by atoms with van der Waals surface area (Å²) in [6, 6.07) is 1.56. The van der Waals surface area contributed by atoms with Crippen LogP contribution in [0.1, 0.15) is 0 Å². The summed E-state index contributed by atoms with van der Waals surface area (Å²) in [7, 11) is 0. The molecule has 1 heterocycles. The van der Waals surface area contributed by atoms with E-state index in [9.17, 15) is 10.1 Å². The van der Waals surface area contributed by atoms with Crippen LogP contribution in [-0.4, -0.2) is 16.2 Å². The van der Waals surface area contributed by atoms with Crippen LogP contribution in [0.25, 0.3) is 0 Å². The van der Waals surface area contributed by atoms with Gasteiger partial charge in [-0.1, -0.05) is 11.6 Å². The molecule has 0 aliphatic rings. The van der Waals surface area contributed by atoms with Crippen molar-refractivity contribution in [1.82, 2.24) is 4.98 Å². The quantitative estimate of drug-likeness (QED) is 0.321. The van der Waals surface area contributed by atoms with Crippen molar-refractivity contribution < 1.29 is 4.92 Å². The predicted octanol–water partition coefficient (Wildman–Crippen LogP) is 2.37. The zero-order valence-corrected chi connectivity index (χ0v) is 7.72. The molecule has 0 unspecified atom stereocenters. The van der Waals surface area contributed by atoms with Crippen LogP contribution in [0.15, 0.2) is 17.2 Å². The molecule has 12 heavy (non-hydrogen) atoms. The van der Waals surface area contributed by atoms with Gasteiger partial charge in [-0.25, -0.2) is 4.98 Å². The summed E-state index contributed by atoms with van der Waals surface area (Å²) in [5.74, 6) is 0. The third-order valence-corrected chi connectivity index (χ3v) is 2.29. The van der Waals surface area contributed by atoms with Gasteiger partial charge in [-0.3, -0.25) is 10.1 Å². The normalized spacial score (nSPS) is 9.83. The molecule has 0 amide bonds. The van der Waals surface area contributed by atoms with Crippen molar-refractivity contribution >= 4 is 29.1 Å². The summed E-state index contributed by atoms with van der Waals surface area (Å²) in [5.41, 5.74) is -0.119. The lowest BCUT2D eigenvalue weighted by Gasteiger charge is -1.98. The minimum Gasteiger partial charge on any atom is -0.258 e. The Labute approximate surface area is 78.1 Å². The molecule has 0 bridgehead atoms. The van der Waals surface area contributed by atoms with Gasteiger partial charge in [-0.05, 0) is 12.3 Å². The molecule has 0 spiro atoms. The van der Waals surface area contributed by atoms with Crippen LogP contribution in [0.3, 0.4) is 0 Å². The van der Waals surface area contributed by atoms with Crippen molar-refractivity contribution in [3.05, 3.63) is 27.5 Å². The van der Waals surface area contributed by atoms with Crippen LogP contribution in [-0.2, 0) is 0 Å². The topological polar surface area (TPSA) is 56.0 Å². The number of rotatable bonds is 2. The summed E-state index contributed by atoms with van der Waals surface area (Å²) in [5, 5.41) is 10.4. The van der Waals surface area contributed by atoms with Gasteiger partial charge in [0.25, 0.3) is 0 Å². The molecule has 6 heteroatoms. The van der Waals surface area contributed by atoms with Crippen LogP contribution in [0, 0.1) is 10.1 Å². The Morgan fingerprint density at radius 1 is 1.75 bits per heavy atom. The molecule has 0 aromatic carbocycles. The van der Waals surface area contributed by atoms with E-state index in [4.69, 9.17) is 11.6 Å². The van der Waals surface area contributed by atoms with Crippen molar-refractivity contribution in [2.24, 2.45) is 0 Å². The summed E-state index contributed by atoms with van der Waals surface area (Å²) < 4.78 is 0. The molecule has 0 fully saturated rings. The number of hydrogen-bond donors (Lipinski definition) is 0. The second-order valence-electron chi connectivity index (χ2n) is 1.91. The second kappa shape index (κ2) is 3.73. The smallest absolute Gasteiger partial charge is 0.258 e. The van der Waals surface area contributed by atoms with E-state index >= 15 is 0 Å². The first-order valence-electron chi connectivity index (χ1n) is 2.99. The Hall–Kier alpha value is -0.810. The molecule has 0 aliphatic heterocycles. The third kappa shape index (κ3) is 1.67. The maximum Gasteiger partial charge on any atom is 0.319 e. The van der Waals surface area contributed by atoms with Gasteiger partial charge in [0.1, 0.15) is 0 Å². The zero-order chi connectivity index (χ0) is 9.14. The fraction of sp³-hybridized carbons (Fsp3) is 0.167. The van der Waals surface area contributed by atoms with Crippen LogP contribution in [0.2, 0.25) is 5.15 Å². The first-order chi connectivity index (χ1) is 5.66. The van der Waals surface area contributed by atoms with Gasteiger partial charge in [0.05, 0.1) is 9.82 Å². The second-order valence-corrected chi connectivity index (χ2v) is 3.12. The Kier molecular flexibility index (Phi) is 2.88. The highest BCUT2D eigenvalue weighted by Crippen LogP contribution is 2.31. The molecular weight excluding hydrogens is 200 g/mol. The average molecular weight is 205 g/mol. The largest absolute Gasteiger partial charge is 0.319 e. The maximum atomic E-state index is 10.5. The highest BCUT2D eigenvalue weighted by Gasteiger charge is 2.18. The molecule has 0 saturated heterocycles. The van der Waals surface area contributed by atoms with E-state index in [1.807, 2.05) is 0 Å². The van der Waals surface area contributed by atoms with Crippen molar-refractivity contribution in [3.63, 3.8) is 0 Å². The van der Waals surface area contributed by atoms with Crippen molar-refractivity contribution in [2.45, 2.75) is 4.90 Å².